The highest BCUT2D eigenvalue weighted by Gasteiger charge is 2.38. The lowest BCUT2D eigenvalue weighted by Crippen LogP contribution is -2.32. The summed E-state index contributed by atoms with van der Waals surface area (Å²) in [4.78, 5) is 12.7. The number of hydrogen-bond donors (Lipinski definition) is 1. The third kappa shape index (κ3) is 2.56. The smallest absolute Gasteiger partial charge is 0.228 e. The molecule has 1 amide bonds. The van der Waals surface area contributed by atoms with Gasteiger partial charge in [-0.3, -0.25) is 4.79 Å². The van der Waals surface area contributed by atoms with Gasteiger partial charge in [0, 0.05) is 13.0 Å². The number of amides is 1. The first kappa shape index (κ1) is 14.2. The van der Waals surface area contributed by atoms with Crippen molar-refractivity contribution >= 4 is 33.2 Å². The van der Waals surface area contributed by atoms with Gasteiger partial charge in [0.05, 0.1) is 5.69 Å². The number of rotatable bonds is 2. The van der Waals surface area contributed by atoms with Gasteiger partial charge in [-0.05, 0) is 12.1 Å². The van der Waals surface area contributed by atoms with Crippen molar-refractivity contribution in [3.8, 4) is 0 Å². The van der Waals surface area contributed by atoms with E-state index >= 15 is 0 Å². The van der Waals surface area contributed by atoms with Crippen molar-refractivity contribution in [1.29, 1.82) is 0 Å². The van der Waals surface area contributed by atoms with Gasteiger partial charge in [-0.2, -0.15) is 0 Å². The summed E-state index contributed by atoms with van der Waals surface area (Å²) in [6.07, 6.45) is -0.311. The Morgan fingerprint density at radius 3 is 2.53 bits per heavy atom. The third-order valence-corrected chi connectivity index (χ3v) is 4.46. The van der Waals surface area contributed by atoms with Crippen LogP contribution in [0.3, 0.4) is 0 Å². The molecule has 1 atom stereocenters. The molecule has 0 bridgehead atoms. The molecule has 9 heteroatoms. The molecule has 0 aromatic heterocycles. The van der Waals surface area contributed by atoms with Gasteiger partial charge >= 0.3 is 0 Å². The van der Waals surface area contributed by atoms with E-state index in [4.69, 9.17) is 16.7 Å². The van der Waals surface area contributed by atoms with Crippen LogP contribution in [0.25, 0.3) is 0 Å². The molecule has 2 rings (SSSR count). The number of primary sulfonamides is 1. The molecule has 0 spiro atoms. The average molecular weight is 311 g/mol. The molecule has 1 aromatic rings. The zero-order chi connectivity index (χ0) is 14.4. The normalized spacial score (nSPS) is 20.1. The molecule has 1 fully saturated rings. The molecule has 1 aliphatic rings. The van der Waals surface area contributed by atoms with E-state index in [1.54, 1.807) is 0 Å². The molecule has 0 aliphatic carbocycles. The fourth-order valence-electron chi connectivity index (χ4n) is 1.85. The standard InChI is InChI=1S/C10H9ClF2N2O3S/c11-9-7(2-1-6(12)10(9)13)15-4-5(3-8(15)16)19(14,17)18/h1-2,5H,3-4H2,(H2,14,17,18). The maximum atomic E-state index is 13.3. The van der Waals surface area contributed by atoms with Gasteiger partial charge in [0.15, 0.2) is 11.6 Å². The van der Waals surface area contributed by atoms with Crippen molar-refractivity contribution in [2.24, 2.45) is 5.14 Å². The monoisotopic (exact) mass is 310 g/mol. The van der Waals surface area contributed by atoms with Crippen molar-refractivity contribution in [1.82, 2.24) is 0 Å². The first-order chi connectivity index (χ1) is 8.71. The second-order valence-corrected chi connectivity index (χ2v) is 6.34. The van der Waals surface area contributed by atoms with E-state index in [0.717, 1.165) is 17.0 Å². The highest BCUT2D eigenvalue weighted by molar-refractivity contribution is 7.89. The lowest BCUT2D eigenvalue weighted by Gasteiger charge is -2.18. The molecular weight excluding hydrogens is 302 g/mol. The first-order valence-electron chi connectivity index (χ1n) is 5.17. The van der Waals surface area contributed by atoms with E-state index in [1.807, 2.05) is 0 Å². The number of halogens is 3. The fourth-order valence-corrected chi connectivity index (χ4v) is 2.84. The topological polar surface area (TPSA) is 80.5 Å². The van der Waals surface area contributed by atoms with E-state index in [0.29, 0.717) is 0 Å². The summed E-state index contributed by atoms with van der Waals surface area (Å²) in [6, 6.07) is 1.93. The minimum atomic E-state index is -3.88. The number of carbonyl (C=O) groups is 1. The molecular formula is C10H9ClF2N2O3S. The SMILES string of the molecule is NS(=O)(=O)C1CC(=O)N(c2ccc(F)c(F)c2Cl)C1. The zero-order valence-electron chi connectivity index (χ0n) is 9.44. The summed E-state index contributed by atoms with van der Waals surface area (Å²) in [6.45, 7) is -0.234. The number of sulfonamides is 1. The number of carbonyl (C=O) groups excluding carboxylic acids is 1. The predicted octanol–water partition coefficient (Wildman–Crippen LogP) is 1.01. The summed E-state index contributed by atoms with van der Waals surface area (Å²) in [5.41, 5.74) is -0.0725. The Labute approximate surface area is 113 Å². The second-order valence-electron chi connectivity index (χ2n) is 4.11. The maximum Gasteiger partial charge on any atom is 0.228 e. The summed E-state index contributed by atoms with van der Waals surface area (Å²) >= 11 is 5.62. The Morgan fingerprint density at radius 1 is 1.37 bits per heavy atom. The number of nitrogens with two attached hydrogens (primary N) is 1. The number of anilines is 1. The highest BCUT2D eigenvalue weighted by atomic mass is 35.5. The van der Waals surface area contributed by atoms with Gasteiger partial charge in [-0.25, -0.2) is 22.3 Å². The van der Waals surface area contributed by atoms with Gasteiger partial charge in [-0.15, -0.1) is 0 Å². The molecule has 0 saturated carbocycles. The summed E-state index contributed by atoms with van der Waals surface area (Å²) in [5.74, 6) is -3.00. The van der Waals surface area contributed by atoms with Crippen LogP contribution in [0.15, 0.2) is 12.1 Å². The number of nitrogens with zero attached hydrogens (tertiary/aromatic N) is 1. The third-order valence-electron chi connectivity index (χ3n) is 2.86. The van der Waals surface area contributed by atoms with Crippen LogP contribution in [-0.2, 0) is 14.8 Å². The van der Waals surface area contributed by atoms with Crippen LogP contribution >= 0.6 is 11.6 Å². The minimum absolute atomic E-state index is 0.0725. The summed E-state index contributed by atoms with van der Waals surface area (Å²) in [7, 11) is -3.88. The number of hydrogen-bond acceptors (Lipinski definition) is 3. The van der Waals surface area contributed by atoms with Crippen molar-refractivity contribution in [2.45, 2.75) is 11.7 Å². The predicted molar refractivity (Wildman–Crippen MR) is 65.2 cm³/mol. The molecule has 5 nitrogen and oxygen atoms in total. The quantitative estimate of drug-likeness (QED) is 0.828. The van der Waals surface area contributed by atoms with Crippen molar-refractivity contribution in [2.75, 3.05) is 11.4 Å². The largest absolute Gasteiger partial charge is 0.309 e. The molecule has 1 saturated heterocycles. The zero-order valence-corrected chi connectivity index (χ0v) is 11.0. The molecule has 104 valence electrons. The molecule has 2 N–H and O–H groups in total. The van der Waals surface area contributed by atoms with Gasteiger partial charge in [0.25, 0.3) is 0 Å². The summed E-state index contributed by atoms with van der Waals surface area (Å²) in [5, 5.41) is 3.32. The molecule has 1 aromatic carbocycles. The molecule has 19 heavy (non-hydrogen) atoms. The van der Waals surface area contributed by atoms with Gasteiger partial charge in [-0.1, -0.05) is 11.6 Å². The Hall–Kier alpha value is -1.25. The highest BCUT2D eigenvalue weighted by Crippen LogP contribution is 2.33. The lowest BCUT2D eigenvalue weighted by molar-refractivity contribution is -0.117. The van der Waals surface area contributed by atoms with E-state index < -0.39 is 37.8 Å². The van der Waals surface area contributed by atoms with E-state index in [2.05, 4.69) is 0 Å². The van der Waals surface area contributed by atoms with Crippen molar-refractivity contribution in [3.05, 3.63) is 28.8 Å². The van der Waals surface area contributed by atoms with Crippen LogP contribution in [-0.4, -0.2) is 26.1 Å². The maximum absolute atomic E-state index is 13.3. The van der Waals surface area contributed by atoms with Gasteiger partial charge in [0.1, 0.15) is 10.3 Å². The second kappa shape index (κ2) is 4.69. The van der Waals surface area contributed by atoms with Crippen molar-refractivity contribution in [3.63, 3.8) is 0 Å². The summed E-state index contributed by atoms with van der Waals surface area (Å²) < 4.78 is 48.6. The van der Waals surface area contributed by atoms with E-state index in [-0.39, 0.29) is 18.7 Å². The van der Waals surface area contributed by atoms with Gasteiger partial charge in [0.2, 0.25) is 15.9 Å². The molecule has 0 radical (unpaired) electrons. The molecule has 1 unspecified atom stereocenters. The fraction of sp³-hybridized carbons (Fsp3) is 0.300. The Kier molecular flexibility index (Phi) is 3.50. The average Bonchev–Trinajstić information content (AvgIpc) is 2.68. The lowest BCUT2D eigenvalue weighted by atomic mass is 10.2. The molecule has 1 aliphatic heterocycles. The van der Waals surface area contributed by atoms with Crippen molar-refractivity contribution < 1.29 is 22.0 Å². The Morgan fingerprint density at radius 2 is 2.00 bits per heavy atom. The first-order valence-corrected chi connectivity index (χ1v) is 7.16. The Balaban J connectivity index is 2.39. The number of benzene rings is 1. The van der Waals surface area contributed by atoms with E-state index in [9.17, 15) is 22.0 Å². The van der Waals surface area contributed by atoms with Crippen LogP contribution < -0.4 is 10.0 Å². The van der Waals surface area contributed by atoms with Crippen LogP contribution in [0.1, 0.15) is 6.42 Å². The Bertz CT molecular complexity index is 650. The minimum Gasteiger partial charge on any atom is -0.309 e. The van der Waals surface area contributed by atoms with Crippen LogP contribution in [0.2, 0.25) is 5.02 Å². The van der Waals surface area contributed by atoms with Crippen LogP contribution in [0, 0.1) is 11.6 Å². The van der Waals surface area contributed by atoms with Gasteiger partial charge < -0.3 is 4.90 Å². The van der Waals surface area contributed by atoms with Crippen LogP contribution in [0.5, 0.6) is 0 Å². The van der Waals surface area contributed by atoms with E-state index in [1.165, 1.54) is 0 Å². The van der Waals surface area contributed by atoms with Crippen LogP contribution in [0.4, 0.5) is 14.5 Å². The molecule has 1 heterocycles.